The highest BCUT2D eigenvalue weighted by Gasteiger charge is 2.13. The van der Waals surface area contributed by atoms with Crippen LogP contribution in [0.3, 0.4) is 0 Å². The number of hydrogen-bond donors (Lipinski definition) is 2. The second-order valence-electron chi connectivity index (χ2n) is 3.37. The summed E-state index contributed by atoms with van der Waals surface area (Å²) in [5.41, 5.74) is 5.46. The molecule has 0 aliphatic carbocycles. The Morgan fingerprint density at radius 3 is 2.42 bits per heavy atom. The van der Waals surface area contributed by atoms with E-state index in [1.807, 2.05) is 0 Å². The number of hydrogen-bond acceptors (Lipinski definition) is 4. The smallest absolute Gasteiger partial charge is 0.341 e. The maximum Gasteiger partial charge on any atom is 0.341 e. The van der Waals surface area contributed by atoms with Crippen LogP contribution in [0, 0.1) is 5.92 Å². The van der Waals surface area contributed by atoms with Crippen LogP contribution >= 0.6 is 0 Å². The second kappa shape index (κ2) is 5.97. The number of carbonyl (C=O) groups is 1. The van der Waals surface area contributed by atoms with Crippen molar-refractivity contribution >= 4 is 5.97 Å². The highest BCUT2D eigenvalue weighted by Crippen LogP contribution is 2.07. The molecule has 0 fully saturated rings. The van der Waals surface area contributed by atoms with E-state index in [2.05, 4.69) is 24.6 Å². The fourth-order valence-electron chi connectivity index (χ4n) is 0.951. The number of carbonyl (C=O) groups excluding carboxylic acids is 1. The largest absolute Gasteiger partial charge is 0.372 e. The van der Waals surface area contributed by atoms with Gasteiger partial charge in [0, 0.05) is 0 Å². The molecule has 0 aromatic carbocycles. The summed E-state index contributed by atoms with van der Waals surface area (Å²) in [6.45, 7) is 4.26. The molecule has 0 saturated carbocycles. The fraction of sp³-hybridized carbons (Fsp3) is 0.875. The van der Waals surface area contributed by atoms with E-state index < -0.39 is 12.0 Å². The Morgan fingerprint density at radius 1 is 1.42 bits per heavy atom. The minimum Gasteiger partial charge on any atom is -0.372 e. The van der Waals surface area contributed by atoms with Gasteiger partial charge in [0.05, 0.1) is 0 Å². The molecule has 4 N–H and O–H groups in total. The van der Waals surface area contributed by atoms with E-state index >= 15 is 0 Å². The first kappa shape index (κ1) is 11.4. The molecule has 0 aromatic rings. The summed E-state index contributed by atoms with van der Waals surface area (Å²) in [6.07, 6.45) is 2.66. The lowest BCUT2D eigenvalue weighted by molar-refractivity contribution is -0.145. The van der Waals surface area contributed by atoms with Gasteiger partial charge in [0.1, 0.15) is 6.04 Å². The minimum atomic E-state index is -0.561. The zero-order chi connectivity index (χ0) is 9.56. The zero-order valence-corrected chi connectivity index (χ0v) is 7.75. The van der Waals surface area contributed by atoms with Crippen molar-refractivity contribution in [3.8, 4) is 0 Å². The fourth-order valence-corrected chi connectivity index (χ4v) is 0.951. The Kier molecular flexibility index (Phi) is 5.66. The van der Waals surface area contributed by atoms with Gasteiger partial charge in [0.15, 0.2) is 0 Å². The van der Waals surface area contributed by atoms with Gasteiger partial charge in [-0.15, -0.1) is 0 Å². The van der Waals surface area contributed by atoms with Gasteiger partial charge < -0.3 is 10.6 Å². The molecule has 0 unspecified atom stereocenters. The van der Waals surface area contributed by atoms with Crippen LogP contribution in [-0.4, -0.2) is 12.0 Å². The van der Waals surface area contributed by atoms with Crippen molar-refractivity contribution < 1.29 is 9.63 Å². The van der Waals surface area contributed by atoms with Gasteiger partial charge in [0.2, 0.25) is 0 Å². The van der Waals surface area contributed by atoms with Crippen LogP contribution in [0.4, 0.5) is 0 Å². The number of nitrogens with two attached hydrogens (primary N) is 2. The first-order valence-electron chi connectivity index (χ1n) is 4.24. The van der Waals surface area contributed by atoms with E-state index in [0.29, 0.717) is 12.3 Å². The summed E-state index contributed by atoms with van der Waals surface area (Å²) in [5.74, 6) is 4.79. The molecule has 0 heterocycles. The normalized spacial score (nSPS) is 13.1. The third-order valence-electron chi connectivity index (χ3n) is 1.72. The van der Waals surface area contributed by atoms with Gasteiger partial charge in [0.25, 0.3) is 0 Å². The molecule has 0 aliphatic heterocycles. The Hall–Kier alpha value is -0.610. The van der Waals surface area contributed by atoms with E-state index in [9.17, 15) is 4.79 Å². The van der Waals surface area contributed by atoms with Crippen LogP contribution in [0.1, 0.15) is 33.1 Å². The molecule has 12 heavy (non-hydrogen) atoms. The molecule has 0 spiro atoms. The Morgan fingerprint density at radius 2 is 2.00 bits per heavy atom. The topological polar surface area (TPSA) is 78.3 Å². The van der Waals surface area contributed by atoms with Crippen LogP contribution in [0.2, 0.25) is 0 Å². The molecule has 0 bridgehead atoms. The van der Waals surface area contributed by atoms with Crippen molar-refractivity contribution in [3.05, 3.63) is 0 Å². The molecule has 0 saturated heterocycles. The molecule has 4 heteroatoms. The molecule has 72 valence electrons. The van der Waals surface area contributed by atoms with Crippen LogP contribution < -0.4 is 11.6 Å². The molecule has 0 aliphatic rings. The van der Waals surface area contributed by atoms with Crippen molar-refractivity contribution in [2.75, 3.05) is 0 Å². The van der Waals surface area contributed by atoms with Crippen LogP contribution in [0.15, 0.2) is 0 Å². The van der Waals surface area contributed by atoms with Gasteiger partial charge in [-0.2, -0.15) is 5.90 Å². The SMILES string of the molecule is CC(C)CCC[C@H](N)C(=O)ON. The summed E-state index contributed by atoms with van der Waals surface area (Å²) in [7, 11) is 0. The van der Waals surface area contributed by atoms with Crippen molar-refractivity contribution in [3.63, 3.8) is 0 Å². The van der Waals surface area contributed by atoms with Gasteiger partial charge in [-0.25, -0.2) is 4.79 Å². The van der Waals surface area contributed by atoms with Crippen LogP contribution in [0.5, 0.6) is 0 Å². The molecule has 0 amide bonds. The Balaban J connectivity index is 3.43. The summed E-state index contributed by atoms with van der Waals surface area (Å²) in [4.78, 5) is 14.7. The Labute approximate surface area is 73.2 Å². The third-order valence-corrected chi connectivity index (χ3v) is 1.72. The van der Waals surface area contributed by atoms with Crippen molar-refractivity contribution in [2.24, 2.45) is 17.5 Å². The van der Waals surface area contributed by atoms with Crippen molar-refractivity contribution in [1.82, 2.24) is 0 Å². The summed E-state index contributed by atoms with van der Waals surface area (Å²) in [6, 6.07) is -0.561. The molecular weight excluding hydrogens is 156 g/mol. The lowest BCUT2D eigenvalue weighted by Gasteiger charge is -2.08. The molecule has 0 aromatic heterocycles. The maximum atomic E-state index is 10.7. The average molecular weight is 174 g/mol. The first-order valence-corrected chi connectivity index (χ1v) is 4.24. The van der Waals surface area contributed by atoms with E-state index in [-0.39, 0.29) is 0 Å². The summed E-state index contributed by atoms with van der Waals surface area (Å²) < 4.78 is 0. The second-order valence-corrected chi connectivity index (χ2v) is 3.37. The van der Waals surface area contributed by atoms with E-state index in [4.69, 9.17) is 5.73 Å². The van der Waals surface area contributed by atoms with E-state index in [0.717, 1.165) is 12.8 Å². The monoisotopic (exact) mass is 174 g/mol. The van der Waals surface area contributed by atoms with E-state index in [1.165, 1.54) is 0 Å². The first-order chi connectivity index (χ1) is 5.57. The Bertz CT molecular complexity index is 137. The van der Waals surface area contributed by atoms with Gasteiger partial charge in [-0.3, -0.25) is 0 Å². The molecule has 4 nitrogen and oxygen atoms in total. The van der Waals surface area contributed by atoms with Crippen molar-refractivity contribution in [2.45, 2.75) is 39.2 Å². The van der Waals surface area contributed by atoms with Crippen LogP contribution in [0.25, 0.3) is 0 Å². The summed E-state index contributed by atoms with van der Waals surface area (Å²) in [5, 5.41) is 0. The molecule has 1 atom stereocenters. The highest BCUT2D eigenvalue weighted by atomic mass is 16.7. The molecular formula is C8H18N2O2. The highest BCUT2D eigenvalue weighted by molar-refractivity contribution is 5.74. The van der Waals surface area contributed by atoms with Crippen molar-refractivity contribution in [1.29, 1.82) is 0 Å². The quantitative estimate of drug-likeness (QED) is 0.597. The standard InChI is InChI=1S/C8H18N2O2/c1-6(2)4-3-5-7(9)8(11)12-10/h6-7H,3-5,9-10H2,1-2H3/t7-/m0/s1. The predicted molar refractivity (Wildman–Crippen MR) is 46.9 cm³/mol. The van der Waals surface area contributed by atoms with E-state index in [1.54, 1.807) is 0 Å². The van der Waals surface area contributed by atoms with Gasteiger partial charge in [-0.05, 0) is 12.3 Å². The number of rotatable bonds is 5. The maximum absolute atomic E-state index is 10.7. The summed E-state index contributed by atoms with van der Waals surface area (Å²) >= 11 is 0. The van der Waals surface area contributed by atoms with Gasteiger partial charge >= 0.3 is 5.97 Å². The van der Waals surface area contributed by atoms with Crippen LogP contribution in [-0.2, 0) is 9.63 Å². The lowest BCUT2D eigenvalue weighted by atomic mass is 10.0. The predicted octanol–water partition coefficient (Wildman–Crippen LogP) is 0.557. The average Bonchev–Trinajstić information content (AvgIpc) is 2.02. The molecule has 0 rings (SSSR count). The minimum absolute atomic E-state index is 0.529. The third kappa shape index (κ3) is 5.09. The lowest BCUT2D eigenvalue weighted by Crippen LogP contribution is -2.33. The van der Waals surface area contributed by atoms with Gasteiger partial charge in [-0.1, -0.05) is 26.7 Å². The molecule has 0 radical (unpaired) electrons. The zero-order valence-electron chi connectivity index (χ0n) is 7.75.